The van der Waals surface area contributed by atoms with Crippen LogP contribution < -0.4 is 4.90 Å². The van der Waals surface area contributed by atoms with E-state index in [1.165, 1.54) is 18.2 Å². The van der Waals surface area contributed by atoms with Crippen molar-refractivity contribution >= 4 is 27.5 Å². The molecule has 2 aromatic carbocycles. The highest BCUT2D eigenvalue weighted by Gasteiger charge is 2.18. The molecule has 0 aliphatic carbocycles. The second kappa shape index (κ2) is 5.75. The molecule has 2 aromatic rings. The largest absolute Gasteiger partial charge is 0.311 e. The van der Waals surface area contributed by atoms with Gasteiger partial charge in [-0.2, -0.15) is 0 Å². The number of anilines is 1. The van der Waals surface area contributed by atoms with Gasteiger partial charge in [0.05, 0.1) is 5.56 Å². The van der Waals surface area contributed by atoms with Gasteiger partial charge in [-0.3, -0.25) is 4.79 Å². The molecule has 0 fully saturated rings. The first-order chi connectivity index (χ1) is 9.40. The zero-order valence-corrected chi connectivity index (χ0v) is 13.2. The first-order valence-corrected chi connectivity index (χ1v) is 7.00. The monoisotopic (exact) mass is 335 g/mol. The molecule has 0 aliphatic heterocycles. The summed E-state index contributed by atoms with van der Waals surface area (Å²) in [4.78, 5) is 14.1. The number of amides is 1. The maximum atomic E-state index is 13.1. The SMILES string of the molecule is Cc1ccc(N(C)C(=O)c2ccc(F)cc2Br)c(C)c1. The van der Waals surface area contributed by atoms with E-state index in [1.807, 2.05) is 32.0 Å². The van der Waals surface area contributed by atoms with E-state index in [0.29, 0.717) is 10.0 Å². The van der Waals surface area contributed by atoms with Crippen LogP contribution in [0.25, 0.3) is 0 Å². The summed E-state index contributed by atoms with van der Waals surface area (Å²) in [5.41, 5.74) is 3.46. The Bertz CT molecular complexity index is 670. The average molecular weight is 336 g/mol. The molecule has 1 amide bonds. The number of benzene rings is 2. The van der Waals surface area contributed by atoms with Gasteiger partial charge < -0.3 is 4.90 Å². The molecule has 0 saturated heterocycles. The first kappa shape index (κ1) is 14.7. The molecule has 2 nitrogen and oxygen atoms in total. The third-order valence-electron chi connectivity index (χ3n) is 3.18. The molecule has 0 aromatic heterocycles. The van der Waals surface area contributed by atoms with Crippen LogP contribution >= 0.6 is 15.9 Å². The van der Waals surface area contributed by atoms with Gasteiger partial charge in [0.2, 0.25) is 0 Å². The minimum absolute atomic E-state index is 0.177. The van der Waals surface area contributed by atoms with Crippen LogP contribution in [-0.2, 0) is 0 Å². The van der Waals surface area contributed by atoms with E-state index in [1.54, 1.807) is 11.9 Å². The zero-order valence-electron chi connectivity index (χ0n) is 11.6. The van der Waals surface area contributed by atoms with Gasteiger partial charge in [-0.05, 0) is 59.6 Å². The molecule has 0 atom stereocenters. The summed E-state index contributed by atoms with van der Waals surface area (Å²) in [6.07, 6.45) is 0. The molecule has 0 N–H and O–H groups in total. The molecule has 4 heteroatoms. The maximum Gasteiger partial charge on any atom is 0.259 e. The molecule has 0 heterocycles. The Kier molecular flexibility index (Phi) is 4.23. The lowest BCUT2D eigenvalue weighted by molar-refractivity contribution is 0.0992. The van der Waals surface area contributed by atoms with Crippen molar-refractivity contribution in [2.75, 3.05) is 11.9 Å². The van der Waals surface area contributed by atoms with Crippen LogP contribution in [0.4, 0.5) is 10.1 Å². The van der Waals surface area contributed by atoms with E-state index < -0.39 is 0 Å². The molecule has 2 rings (SSSR count). The number of halogens is 2. The summed E-state index contributed by atoms with van der Waals surface area (Å²) < 4.78 is 13.5. The van der Waals surface area contributed by atoms with E-state index in [9.17, 15) is 9.18 Å². The van der Waals surface area contributed by atoms with Crippen LogP contribution in [0.1, 0.15) is 21.5 Å². The summed E-state index contributed by atoms with van der Waals surface area (Å²) in [7, 11) is 1.72. The fourth-order valence-corrected chi connectivity index (χ4v) is 2.66. The summed E-state index contributed by atoms with van der Waals surface area (Å²) in [5.74, 6) is -0.550. The van der Waals surface area contributed by atoms with Crippen LogP contribution in [0.5, 0.6) is 0 Å². The van der Waals surface area contributed by atoms with Gasteiger partial charge in [-0.15, -0.1) is 0 Å². The van der Waals surface area contributed by atoms with Gasteiger partial charge in [0.1, 0.15) is 5.82 Å². The molecule has 20 heavy (non-hydrogen) atoms. The highest BCUT2D eigenvalue weighted by molar-refractivity contribution is 9.10. The molecule has 0 unspecified atom stereocenters. The average Bonchev–Trinajstić information content (AvgIpc) is 2.37. The van der Waals surface area contributed by atoms with Gasteiger partial charge in [0.25, 0.3) is 5.91 Å². The van der Waals surface area contributed by atoms with E-state index in [4.69, 9.17) is 0 Å². The Morgan fingerprint density at radius 2 is 1.85 bits per heavy atom. The van der Waals surface area contributed by atoms with E-state index >= 15 is 0 Å². The molecule has 0 spiro atoms. The fraction of sp³-hybridized carbons (Fsp3) is 0.188. The van der Waals surface area contributed by atoms with Crippen molar-refractivity contribution < 1.29 is 9.18 Å². The standard InChI is InChI=1S/C16H15BrFNO/c1-10-4-7-15(11(2)8-10)19(3)16(20)13-6-5-12(18)9-14(13)17/h4-9H,1-3H3. The summed E-state index contributed by atoms with van der Waals surface area (Å²) in [5, 5.41) is 0. The number of carbonyl (C=O) groups is 1. The summed E-state index contributed by atoms with van der Waals surface area (Å²) in [6.45, 7) is 3.97. The lowest BCUT2D eigenvalue weighted by Crippen LogP contribution is -2.27. The predicted molar refractivity (Wildman–Crippen MR) is 82.7 cm³/mol. The smallest absolute Gasteiger partial charge is 0.259 e. The van der Waals surface area contributed by atoms with Crippen molar-refractivity contribution in [1.29, 1.82) is 0 Å². The van der Waals surface area contributed by atoms with Crippen LogP contribution in [0.15, 0.2) is 40.9 Å². The number of carbonyl (C=O) groups excluding carboxylic acids is 1. The Balaban J connectivity index is 2.37. The van der Waals surface area contributed by atoms with Gasteiger partial charge in [-0.1, -0.05) is 17.7 Å². The minimum Gasteiger partial charge on any atom is -0.311 e. The lowest BCUT2D eigenvalue weighted by atomic mass is 10.1. The second-order valence-electron chi connectivity index (χ2n) is 4.78. The van der Waals surface area contributed by atoms with Crippen LogP contribution in [0.3, 0.4) is 0 Å². The maximum absolute atomic E-state index is 13.1. The Labute approximate surface area is 126 Å². The van der Waals surface area contributed by atoms with Crippen molar-refractivity contribution in [2.24, 2.45) is 0 Å². The van der Waals surface area contributed by atoms with Crippen molar-refractivity contribution in [3.8, 4) is 0 Å². The number of hydrogen-bond acceptors (Lipinski definition) is 1. The van der Waals surface area contributed by atoms with Crippen molar-refractivity contribution in [3.63, 3.8) is 0 Å². The van der Waals surface area contributed by atoms with Crippen molar-refractivity contribution in [3.05, 3.63) is 63.4 Å². The number of hydrogen-bond donors (Lipinski definition) is 0. The molecule has 104 valence electrons. The number of nitrogens with zero attached hydrogens (tertiary/aromatic N) is 1. The molecule has 0 radical (unpaired) electrons. The van der Waals surface area contributed by atoms with Gasteiger partial charge in [0, 0.05) is 17.2 Å². The van der Waals surface area contributed by atoms with E-state index in [-0.39, 0.29) is 11.7 Å². The first-order valence-electron chi connectivity index (χ1n) is 6.20. The van der Waals surface area contributed by atoms with Crippen molar-refractivity contribution in [1.82, 2.24) is 0 Å². The zero-order chi connectivity index (χ0) is 14.9. The van der Waals surface area contributed by atoms with Gasteiger partial charge in [0.15, 0.2) is 0 Å². The molecule has 0 aliphatic rings. The summed E-state index contributed by atoms with van der Waals surface area (Å²) in [6, 6.07) is 9.98. The molecular weight excluding hydrogens is 321 g/mol. The van der Waals surface area contributed by atoms with E-state index in [0.717, 1.165) is 16.8 Å². The number of aryl methyl sites for hydroxylation is 2. The third kappa shape index (κ3) is 2.90. The van der Waals surface area contributed by atoms with Gasteiger partial charge >= 0.3 is 0 Å². The molecule has 0 saturated carbocycles. The third-order valence-corrected chi connectivity index (χ3v) is 3.84. The van der Waals surface area contributed by atoms with E-state index in [2.05, 4.69) is 15.9 Å². The molecular formula is C16H15BrFNO. The van der Waals surface area contributed by atoms with Crippen molar-refractivity contribution in [2.45, 2.75) is 13.8 Å². The highest BCUT2D eigenvalue weighted by Crippen LogP contribution is 2.25. The fourth-order valence-electron chi connectivity index (χ4n) is 2.13. The summed E-state index contributed by atoms with van der Waals surface area (Å²) >= 11 is 3.23. The number of rotatable bonds is 2. The Hall–Kier alpha value is -1.68. The second-order valence-corrected chi connectivity index (χ2v) is 5.63. The predicted octanol–water partition coefficient (Wildman–Crippen LogP) is 4.48. The topological polar surface area (TPSA) is 20.3 Å². The highest BCUT2D eigenvalue weighted by atomic mass is 79.9. The Morgan fingerprint density at radius 3 is 2.45 bits per heavy atom. The lowest BCUT2D eigenvalue weighted by Gasteiger charge is -2.20. The Morgan fingerprint density at radius 1 is 1.15 bits per heavy atom. The normalized spacial score (nSPS) is 10.4. The van der Waals surface area contributed by atoms with Crippen LogP contribution in [0, 0.1) is 19.7 Å². The van der Waals surface area contributed by atoms with Gasteiger partial charge in [-0.25, -0.2) is 4.39 Å². The van der Waals surface area contributed by atoms with Crippen LogP contribution in [0.2, 0.25) is 0 Å². The van der Waals surface area contributed by atoms with Crippen LogP contribution in [-0.4, -0.2) is 13.0 Å². The molecule has 0 bridgehead atoms. The minimum atomic E-state index is -0.373. The quantitative estimate of drug-likeness (QED) is 0.792.